The Bertz CT molecular complexity index is 549. The van der Waals surface area contributed by atoms with Gasteiger partial charge < -0.3 is 48.7 Å². The van der Waals surface area contributed by atoms with E-state index in [2.05, 4.69) is 37.2 Å². The van der Waals surface area contributed by atoms with E-state index in [1.807, 2.05) is 24.3 Å². The highest BCUT2D eigenvalue weighted by atomic mass is 15.1. The normalized spacial score (nSPS) is 30.9. The fraction of sp³-hybridized carbons (Fsp3) is 0.700. The lowest BCUT2D eigenvalue weighted by Crippen LogP contribution is -2.64. The maximum absolute atomic E-state index is 6.65. The lowest BCUT2D eigenvalue weighted by molar-refractivity contribution is 0.327. The predicted molar refractivity (Wildman–Crippen MR) is 121 cm³/mol. The molecule has 2 bridgehead atoms. The van der Waals surface area contributed by atoms with Crippen LogP contribution in [0.3, 0.4) is 0 Å². The third-order valence-corrected chi connectivity index (χ3v) is 5.58. The Balaban J connectivity index is 1.76. The molecule has 3 aliphatic rings. The van der Waals surface area contributed by atoms with Gasteiger partial charge in [-0.25, -0.2) is 0 Å². The highest BCUT2D eigenvalue weighted by molar-refractivity contribution is 5.53. The maximum Gasteiger partial charge on any atom is 0.0745 e. The summed E-state index contributed by atoms with van der Waals surface area (Å²) in [6, 6.07) is 7.98. The number of hydrogen-bond donors (Lipinski definition) is 9. The Morgan fingerprint density at radius 2 is 1.00 bits per heavy atom. The highest BCUT2D eigenvalue weighted by Crippen LogP contribution is 2.17. The predicted octanol–water partition coefficient (Wildman–Crippen LogP) is -2.32. The van der Waals surface area contributed by atoms with Crippen molar-refractivity contribution in [1.29, 1.82) is 0 Å². The van der Waals surface area contributed by atoms with Crippen LogP contribution in [-0.2, 0) is 0 Å². The van der Waals surface area contributed by atoms with Crippen molar-refractivity contribution < 1.29 is 0 Å². The molecule has 0 radical (unpaired) electrons. The lowest BCUT2D eigenvalue weighted by atomic mass is 9.97. The van der Waals surface area contributed by atoms with Crippen molar-refractivity contribution in [3.05, 3.63) is 24.3 Å². The lowest BCUT2D eigenvalue weighted by Gasteiger charge is -2.38. The first-order valence-electron chi connectivity index (χ1n) is 10.8. The van der Waals surface area contributed by atoms with Crippen molar-refractivity contribution in [3.8, 4) is 0 Å². The molecular weight excluding hydrogens is 366 g/mol. The molecule has 3 heterocycles. The van der Waals surface area contributed by atoms with Crippen LogP contribution in [0, 0.1) is 0 Å². The average molecular weight is 406 g/mol. The molecule has 0 unspecified atom stereocenters. The molecule has 3 aliphatic heterocycles. The van der Waals surface area contributed by atoms with E-state index in [1.54, 1.807) is 0 Å². The molecule has 3 fully saturated rings. The van der Waals surface area contributed by atoms with Gasteiger partial charge in [0, 0.05) is 89.9 Å². The Morgan fingerprint density at radius 1 is 0.621 bits per heavy atom. The van der Waals surface area contributed by atoms with Crippen LogP contribution < -0.4 is 48.7 Å². The van der Waals surface area contributed by atoms with Crippen LogP contribution >= 0.6 is 0 Å². The van der Waals surface area contributed by atoms with E-state index in [-0.39, 0.29) is 11.1 Å². The van der Waals surface area contributed by atoms with Gasteiger partial charge in [0.05, 0.1) is 11.1 Å². The average Bonchev–Trinajstić information content (AvgIpc) is 2.71. The van der Waals surface area contributed by atoms with Gasteiger partial charge in [-0.05, 0) is 24.3 Å². The third kappa shape index (κ3) is 7.38. The van der Waals surface area contributed by atoms with E-state index >= 15 is 0 Å². The number of fused-ring (bicyclic) bond motifs is 15. The summed E-state index contributed by atoms with van der Waals surface area (Å²) >= 11 is 0. The first-order valence-corrected chi connectivity index (χ1v) is 10.8. The van der Waals surface area contributed by atoms with E-state index in [0.29, 0.717) is 0 Å². The Morgan fingerprint density at radius 3 is 1.41 bits per heavy atom. The van der Waals surface area contributed by atoms with Crippen LogP contribution in [0.1, 0.15) is 0 Å². The van der Waals surface area contributed by atoms with E-state index in [9.17, 15) is 0 Å². The van der Waals surface area contributed by atoms with E-state index in [4.69, 9.17) is 11.5 Å². The fourth-order valence-corrected chi connectivity index (χ4v) is 3.91. The van der Waals surface area contributed by atoms with Crippen molar-refractivity contribution in [2.75, 3.05) is 89.6 Å². The second kappa shape index (κ2) is 11.1. The van der Waals surface area contributed by atoms with Gasteiger partial charge in [0.2, 0.25) is 0 Å². The van der Waals surface area contributed by atoms with Gasteiger partial charge in [0.1, 0.15) is 0 Å². The minimum absolute atomic E-state index is 0.165. The van der Waals surface area contributed by atoms with Gasteiger partial charge in [-0.2, -0.15) is 0 Å². The Kier molecular flexibility index (Phi) is 8.49. The number of hydrogen-bond acceptors (Lipinski definition) is 9. The summed E-state index contributed by atoms with van der Waals surface area (Å²) in [6.45, 7) is 10.2. The van der Waals surface area contributed by atoms with Crippen LogP contribution in [0.15, 0.2) is 24.3 Å². The first-order chi connectivity index (χ1) is 14.1. The largest absolute Gasteiger partial charge is 0.399 e. The highest BCUT2D eigenvalue weighted by Gasteiger charge is 2.30. The van der Waals surface area contributed by atoms with Crippen molar-refractivity contribution >= 4 is 11.4 Å². The Hall–Kier alpha value is -1.46. The van der Waals surface area contributed by atoms with Gasteiger partial charge in [-0.1, -0.05) is 0 Å². The summed E-state index contributed by atoms with van der Waals surface area (Å²) in [4.78, 5) is 0. The molecule has 0 spiro atoms. The number of rotatable bonds is 2. The molecule has 1 aromatic carbocycles. The third-order valence-electron chi connectivity index (χ3n) is 5.58. The van der Waals surface area contributed by atoms with Crippen molar-refractivity contribution in [2.45, 2.75) is 11.1 Å². The molecule has 9 nitrogen and oxygen atoms in total. The van der Waals surface area contributed by atoms with Gasteiger partial charge in [0.25, 0.3) is 0 Å². The second-order valence-electron chi connectivity index (χ2n) is 8.45. The van der Waals surface area contributed by atoms with E-state index in [1.165, 1.54) is 0 Å². The van der Waals surface area contributed by atoms with Gasteiger partial charge in [-0.3, -0.25) is 0 Å². The smallest absolute Gasteiger partial charge is 0.0745 e. The van der Waals surface area contributed by atoms with Gasteiger partial charge in [-0.15, -0.1) is 0 Å². The molecular formula is C20H39N9. The van der Waals surface area contributed by atoms with Crippen LogP contribution in [0.5, 0.6) is 0 Å². The van der Waals surface area contributed by atoms with E-state index in [0.717, 1.165) is 89.9 Å². The van der Waals surface area contributed by atoms with Gasteiger partial charge in [0.15, 0.2) is 0 Å². The zero-order chi connectivity index (χ0) is 20.4. The number of nitrogens with two attached hydrogens (primary N) is 2. The molecule has 0 saturated carbocycles. The molecule has 3 saturated heterocycles. The standard InChI is InChI=1S/C20H39N9/c21-17-1-3-18(4-2-17)29-20-14-26-8-5-23-11-19(22,12-24-6-9-27-15-20)13-25-7-10-28-16-20/h1-4,23-29H,5-16,21-22H2. The quantitative estimate of drug-likeness (QED) is 0.248. The minimum atomic E-state index is -0.297. The molecule has 29 heavy (non-hydrogen) atoms. The molecule has 0 aliphatic carbocycles. The van der Waals surface area contributed by atoms with Crippen LogP contribution in [0.4, 0.5) is 11.4 Å². The zero-order valence-electron chi connectivity index (χ0n) is 17.4. The molecule has 0 aromatic heterocycles. The fourth-order valence-electron chi connectivity index (χ4n) is 3.91. The SMILES string of the molecule is Nc1ccc(NC23CNCCNCC(N)(CNCCNC2)CNCCNC3)cc1. The first kappa shape index (κ1) is 22.2. The molecule has 164 valence electrons. The number of nitrogens with one attached hydrogen (secondary N) is 7. The summed E-state index contributed by atoms with van der Waals surface area (Å²) in [5, 5.41) is 25.2. The molecule has 9 heteroatoms. The number of nitrogen functional groups attached to an aromatic ring is 1. The summed E-state index contributed by atoms with van der Waals surface area (Å²) in [7, 11) is 0. The molecule has 4 rings (SSSR count). The minimum Gasteiger partial charge on any atom is -0.399 e. The van der Waals surface area contributed by atoms with Crippen LogP contribution in [0.25, 0.3) is 0 Å². The molecule has 0 amide bonds. The summed E-state index contributed by atoms with van der Waals surface area (Å²) in [5.41, 5.74) is 13.9. The molecule has 1 aromatic rings. The van der Waals surface area contributed by atoms with Gasteiger partial charge >= 0.3 is 0 Å². The molecule has 11 N–H and O–H groups in total. The van der Waals surface area contributed by atoms with Crippen LogP contribution in [0.2, 0.25) is 0 Å². The number of benzene rings is 1. The zero-order valence-corrected chi connectivity index (χ0v) is 17.4. The van der Waals surface area contributed by atoms with Crippen molar-refractivity contribution in [1.82, 2.24) is 31.9 Å². The molecule has 0 atom stereocenters. The van der Waals surface area contributed by atoms with Crippen molar-refractivity contribution in [3.63, 3.8) is 0 Å². The van der Waals surface area contributed by atoms with Crippen molar-refractivity contribution in [2.24, 2.45) is 5.73 Å². The monoisotopic (exact) mass is 405 g/mol. The summed E-state index contributed by atoms with van der Waals surface area (Å²) in [5.74, 6) is 0. The summed E-state index contributed by atoms with van der Waals surface area (Å²) in [6.07, 6.45) is 0. The van der Waals surface area contributed by atoms with E-state index < -0.39 is 0 Å². The van der Waals surface area contributed by atoms with Crippen LogP contribution in [-0.4, -0.2) is 89.6 Å². The number of anilines is 2. The Labute approximate surface area is 174 Å². The topological polar surface area (TPSA) is 136 Å². The second-order valence-corrected chi connectivity index (χ2v) is 8.45. The maximum atomic E-state index is 6.65. The summed E-state index contributed by atoms with van der Waals surface area (Å²) < 4.78 is 0.